The number of hydrogen-bond donors (Lipinski definition) is 1. The summed E-state index contributed by atoms with van der Waals surface area (Å²) in [7, 11) is 1.31. The lowest BCUT2D eigenvalue weighted by Gasteiger charge is -2.07. The summed E-state index contributed by atoms with van der Waals surface area (Å²) in [5, 5.41) is 4.46. The molecule has 0 atom stereocenters. The molecule has 1 amide bonds. The average molecular weight is 354 g/mol. The van der Waals surface area contributed by atoms with Crippen LogP contribution in [0, 0.1) is 6.92 Å². The van der Waals surface area contributed by atoms with Crippen LogP contribution in [0.15, 0.2) is 34.1 Å². The number of carbonyl (C=O) groups excluding carboxylic acids is 2. The van der Waals surface area contributed by atoms with Crippen LogP contribution in [0.25, 0.3) is 0 Å². The molecule has 104 valence electrons. The molecular weight excluding hydrogens is 342 g/mol. The Bertz CT molecular complexity index is 646. The van der Waals surface area contributed by atoms with Crippen molar-refractivity contribution in [2.45, 2.75) is 6.92 Å². The van der Waals surface area contributed by atoms with E-state index < -0.39 is 5.97 Å². The molecule has 0 saturated carbocycles. The molecule has 4 nitrogen and oxygen atoms in total. The zero-order chi connectivity index (χ0) is 14.7. The topological polar surface area (TPSA) is 55.4 Å². The lowest BCUT2D eigenvalue weighted by atomic mass is 10.1. The van der Waals surface area contributed by atoms with Crippen molar-refractivity contribution in [2.75, 3.05) is 12.4 Å². The van der Waals surface area contributed by atoms with Crippen LogP contribution in [0.2, 0.25) is 0 Å². The molecule has 0 spiro atoms. The maximum Gasteiger partial charge on any atom is 0.350 e. The van der Waals surface area contributed by atoms with E-state index >= 15 is 0 Å². The Morgan fingerprint density at radius 3 is 2.70 bits per heavy atom. The fourth-order valence-electron chi connectivity index (χ4n) is 1.72. The molecule has 2 aromatic rings. The number of esters is 1. The standard InChI is InChI=1S/C14H12BrNO3S/c1-8-5-9(7-10(15)6-8)13(17)16-11-3-4-20-12(11)14(18)19-2/h3-7H,1-2H3,(H,16,17). The highest BCUT2D eigenvalue weighted by Crippen LogP contribution is 2.24. The van der Waals surface area contributed by atoms with Crippen molar-refractivity contribution in [3.8, 4) is 0 Å². The Hall–Kier alpha value is -1.66. The third-order valence-corrected chi connectivity index (χ3v) is 3.94. The van der Waals surface area contributed by atoms with E-state index in [4.69, 9.17) is 0 Å². The molecule has 6 heteroatoms. The molecule has 2 rings (SSSR count). The highest BCUT2D eigenvalue weighted by molar-refractivity contribution is 9.10. The van der Waals surface area contributed by atoms with Gasteiger partial charge in [-0.05, 0) is 42.1 Å². The number of thiophene rings is 1. The van der Waals surface area contributed by atoms with Crippen molar-refractivity contribution in [1.82, 2.24) is 0 Å². The molecule has 0 aliphatic rings. The maximum atomic E-state index is 12.2. The van der Waals surface area contributed by atoms with E-state index in [0.29, 0.717) is 16.1 Å². The maximum absolute atomic E-state index is 12.2. The highest BCUT2D eigenvalue weighted by Gasteiger charge is 2.16. The van der Waals surface area contributed by atoms with Gasteiger partial charge in [-0.15, -0.1) is 11.3 Å². The number of nitrogens with one attached hydrogen (secondary N) is 1. The Morgan fingerprint density at radius 2 is 2.05 bits per heavy atom. The molecule has 0 bridgehead atoms. The summed E-state index contributed by atoms with van der Waals surface area (Å²) >= 11 is 4.58. The van der Waals surface area contributed by atoms with Gasteiger partial charge in [-0.2, -0.15) is 0 Å². The fourth-order valence-corrected chi connectivity index (χ4v) is 3.09. The number of hydrogen-bond acceptors (Lipinski definition) is 4. The van der Waals surface area contributed by atoms with Gasteiger partial charge in [0.1, 0.15) is 4.88 Å². The third kappa shape index (κ3) is 3.26. The number of carbonyl (C=O) groups is 2. The summed E-state index contributed by atoms with van der Waals surface area (Å²) in [6, 6.07) is 7.11. The van der Waals surface area contributed by atoms with Crippen molar-refractivity contribution >= 4 is 44.8 Å². The van der Waals surface area contributed by atoms with Gasteiger partial charge in [-0.3, -0.25) is 4.79 Å². The lowest BCUT2D eigenvalue weighted by molar-refractivity contribution is 0.0607. The van der Waals surface area contributed by atoms with Crippen LogP contribution in [-0.2, 0) is 4.74 Å². The van der Waals surface area contributed by atoms with Gasteiger partial charge in [0, 0.05) is 10.0 Å². The summed E-state index contributed by atoms with van der Waals surface area (Å²) in [6.45, 7) is 1.91. The van der Waals surface area contributed by atoms with Gasteiger partial charge in [0.2, 0.25) is 0 Å². The lowest BCUT2D eigenvalue weighted by Crippen LogP contribution is -2.14. The van der Waals surface area contributed by atoms with Crippen LogP contribution in [0.5, 0.6) is 0 Å². The third-order valence-electron chi connectivity index (χ3n) is 2.59. The van der Waals surface area contributed by atoms with Crippen molar-refractivity contribution in [3.63, 3.8) is 0 Å². The molecule has 1 heterocycles. The van der Waals surface area contributed by atoms with E-state index in [9.17, 15) is 9.59 Å². The number of aryl methyl sites for hydroxylation is 1. The molecule has 0 radical (unpaired) electrons. The van der Waals surface area contributed by atoms with Gasteiger partial charge < -0.3 is 10.1 Å². The van der Waals surface area contributed by atoms with E-state index in [1.165, 1.54) is 18.4 Å². The molecule has 0 aliphatic carbocycles. The van der Waals surface area contributed by atoms with Crippen molar-refractivity contribution in [3.05, 3.63) is 50.1 Å². The Labute approximate surface area is 128 Å². The van der Waals surface area contributed by atoms with Gasteiger partial charge in [0.25, 0.3) is 5.91 Å². The molecule has 0 fully saturated rings. The summed E-state index contributed by atoms with van der Waals surface area (Å²) < 4.78 is 5.51. The first-order valence-corrected chi connectivity index (χ1v) is 7.43. The van der Waals surface area contributed by atoms with E-state index in [0.717, 1.165) is 10.0 Å². The van der Waals surface area contributed by atoms with E-state index in [2.05, 4.69) is 26.0 Å². The van der Waals surface area contributed by atoms with Gasteiger partial charge in [0.15, 0.2) is 0 Å². The van der Waals surface area contributed by atoms with E-state index in [1.54, 1.807) is 23.6 Å². The van der Waals surface area contributed by atoms with Crippen LogP contribution < -0.4 is 5.32 Å². The minimum atomic E-state index is -0.458. The monoisotopic (exact) mass is 353 g/mol. The van der Waals surface area contributed by atoms with Gasteiger partial charge in [0.05, 0.1) is 12.8 Å². The second-order valence-electron chi connectivity index (χ2n) is 4.13. The van der Waals surface area contributed by atoms with Crippen LogP contribution >= 0.6 is 27.3 Å². The van der Waals surface area contributed by atoms with Gasteiger partial charge in [-0.1, -0.05) is 15.9 Å². The first-order valence-electron chi connectivity index (χ1n) is 5.75. The number of rotatable bonds is 3. The number of benzene rings is 1. The first kappa shape index (κ1) is 14.7. The molecule has 0 saturated heterocycles. The first-order chi connectivity index (χ1) is 9.51. The molecule has 1 aromatic heterocycles. The normalized spacial score (nSPS) is 10.2. The molecule has 0 aliphatic heterocycles. The van der Waals surface area contributed by atoms with Crippen LogP contribution in [0.1, 0.15) is 25.6 Å². The Balaban J connectivity index is 2.24. The largest absolute Gasteiger partial charge is 0.465 e. The molecular formula is C14H12BrNO3S. The predicted molar refractivity (Wildman–Crippen MR) is 82.5 cm³/mol. The number of halogens is 1. The van der Waals surface area contributed by atoms with E-state index in [-0.39, 0.29) is 5.91 Å². The summed E-state index contributed by atoms with van der Waals surface area (Å²) in [4.78, 5) is 24.1. The van der Waals surface area contributed by atoms with Gasteiger partial charge in [-0.25, -0.2) is 4.79 Å². The number of anilines is 1. The zero-order valence-electron chi connectivity index (χ0n) is 10.9. The minimum absolute atomic E-state index is 0.266. The molecule has 1 N–H and O–H groups in total. The molecule has 0 unspecified atom stereocenters. The second-order valence-corrected chi connectivity index (χ2v) is 5.96. The number of methoxy groups -OCH3 is 1. The van der Waals surface area contributed by atoms with Crippen LogP contribution in [0.4, 0.5) is 5.69 Å². The minimum Gasteiger partial charge on any atom is -0.465 e. The Morgan fingerprint density at radius 1 is 1.30 bits per heavy atom. The molecule has 1 aromatic carbocycles. The second kappa shape index (κ2) is 6.19. The molecule has 20 heavy (non-hydrogen) atoms. The van der Waals surface area contributed by atoms with Crippen molar-refractivity contribution in [2.24, 2.45) is 0 Å². The van der Waals surface area contributed by atoms with Crippen molar-refractivity contribution < 1.29 is 14.3 Å². The zero-order valence-corrected chi connectivity index (χ0v) is 13.3. The predicted octanol–water partition coefficient (Wildman–Crippen LogP) is 3.86. The van der Waals surface area contributed by atoms with Crippen molar-refractivity contribution in [1.29, 1.82) is 0 Å². The fraction of sp³-hybridized carbons (Fsp3) is 0.143. The summed E-state index contributed by atoms with van der Waals surface area (Å²) in [5.41, 5.74) is 1.96. The SMILES string of the molecule is COC(=O)c1sccc1NC(=O)c1cc(C)cc(Br)c1. The quantitative estimate of drug-likeness (QED) is 0.852. The Kier molecular flexibility index (Phi) is 4.57. The summed E-state index contributed by atoms with van der Waals surface area (Å²) in [6.07, 6.45) is 0. The smallest absolute Gasteiger partial charge is 0.350 e. The number of amides is 1. The van der Waals surface area contributed by atoms with Crippen LogP contribution in [-0.4, -0.2) is 19.0 Å². The van der Waals surface area contributed by atoms with E-state index in [1.807, 2.05) is 13.0 Å². The highest BCUT2D eigenvalue weighted by atomic mass is 79.9. The number of ether oxygens (including phenoxy) is 1. The van der Waals surface area contributed by atoms with Gasteiger partial charge >= 0.3 is 5.97 Å². The summed E-state index contributed by atoms with van der Waals surface area (Å²) in [5.74, 6) is -0.723. The van der Waals surface area contributed by atoms with Crippen LogP contribution in [0.3, 0.4) is 0 Å². The average Bonchev–Trinajstić information content (AvgIpc) is 2.84.